The highest BCUT2D eigenvalue weighted by Crippen LogP contribution is 2.27. The van der Waals surface area contributed by atoms with Gasteiger partial charge in [0.15, 0.2) is 10.1 Å². The van der Waals surface area contributed by atoms with E-state index < -0.39 is 0 Å². The first-order valence-corrected chi connectivity index (χ1v) is 10.1. The lowest BCUT2D eigenvalue weighted by Crippen LogP contribution is -2.23. The van der Waals surface area contributed by atoms with Crippen molar-refractivity contribution >= 4 is 45.6 Å². The summed E-state index contributed by atoms with van der Waals surface area (Å²) in [5.74, 6) is 0.519. The van der Waals surface area contributed by atoms with Crippen LogP contribution in [0, 0.1) is 0 Å². The van der Waals surface area contributed by atoms with E-state index in [9.17, 15) is 9.59 Å². The van der Waals surface area contributed by atoms with Gasteiger partial charge in [-0.3, -0.25) is 9.59 Å². The number of carbonyl (C=O) groups excluding carboxylic acids is 2. The summed E-state index contributed by atoms with van der Waals surface area (Å²) in [6.07, 6.45) is 2.53. The highest BCUT2D eigenvalue weighted by Gasteiger charge is 2.21. The lowest BCUT2D eigenvalue weighted by atomic mass is 10.1. The quantitative estimate of drug-likeness (QED) is 0.562. The number of rotatable bonds is 8. The van der Waals surface area contributed by atoms with Crippen LogP contribution in [0.2, 0.25) is 0 Å². The van der Waals surface area contributed by atoms with Gasteiger partial charge in [-0.1, -0.05) is 30.0 Å². The second-order valence-electron chi connectivity index (χ2n) is 5.71. The predicted molar refractivity (Wildman–Crippen MR) is 102 cm³/mol. The third-order valence-electron chi connectivity index (χ3n) is 3.83. The van der Waals surface area contributed by atoms with Gasteiger partial charge in [0.2, 0.25) is 11.0 Å². The molecule has 1 aromatic heterocycles. The van der Waals surface area contributed by atoms with Crippen LogP contribution in [0.5, 0.6) is 0 Å². The van der Waals surface area contributed by atoms with Crippen molar-refractivity contribution in [2.45, 2.75) is 30.5 Å². The number of Topliss-reactive ketones (excluding diaryl/α,β-unsaturated/α-hetero) is 1. The van der Waals surface area contributed by atoms with Crippen molar-refractivity contribution in [3.63, 3.8) is 0 Å². The van der Waals surface area contributed by atoms with Gasteiger partial charge in [0.05, 0.1) is 5.75 Å². The number of nitrogens with zero attached hydrogens (tertiary/aromatic N) is 3. The Bertz CT molecular complexity index is 745. The molecule has 2 heterocycles. The van der Waals surface area contributed by atoms with E-state index in [-0.39, 0.29) is 11.7 Å². The Hall–Kier alpha value is -1.93. The molecule has 0 aliphatic carbocycles. The van der Waals surface area contributed by atoms with Crippen LogP contribution in [-0.4, -0.2) is 40.7 Å². The summed E-state index contributed by atoms with van der Waals surface area (Å²) >= 11 is 2.86. The van der Waals surface area contributed by atoms with E-state index in [4.69, 9.17) is 0 Å². The minimum Gasteiger partial charge on any atom is -0.360 e. The lowest BCUT2D eigenvalue weighted by Gasteiger charge is -2.15. The van der Waals surface area contributed by atoms with Gasteiger partial charge in [-0.05, 0) is 37.1 Å². The van der Waals surface area contributed by atoms with Crippen LogP contribution in [0.1, 0.15) is 36.5 Å². The van der Waals surface area contributed by atoms with Gasteiger partial charge in [0.1, 0.15) is 0 Å². The maximum atomic E-state index is 12.3. The zero-order chi connectivity index (χ0) is 17.6. The highest BCUT2D eigenvalue weighted by atomic mass is 32.2. The van der Waals surface area contributed by atoms with Crippen molar-refractivity contribution in [3.05, 3.63) is 29.8 Å². The number of ketones is 1. The number of amides is 1. The molecule has 8 heteroatoms. The summed E-state index contributed by atoms with van der Waals surface area (Å²) in [5, 5.41) is 12.1. The summed E-state index contributed by atoms with van der Waals surface area (Å²) in [4.78, 5) is 25.9. The SMILES string of the molecule is CCCNc1nnc(SCC(=O)c2ccc(N3CCCC3=O)cc2)s1. The van der Waals surface area contributed by atoms with Gasteiger partial charge in [-0.25, -0.2) is 0 Å². The molecule has 1 saturated heterocycles. The number of hydrogen-bond acceptors (Lipinski definition) is 7. The van der Waals surface area contributed by atoms with Gasteiger partial charge >= 0.3 is 0 Å². The van der Waals surface area contributed by atoms with Crippen LogP contribution in [0.4, 0.5) is 10.8 Å². The van der Waals surface area contributed by atoms with Gasteiger partial charge < -0.3 is 10.2 Å². The summed E-state index contributed by atoms with van der Waals surface area (Å²) < 4.78 is 0.784. The molecule has 1 amide bonds. The van der Waals surface area contributed by atoms with Crippen LogP contribution < -0.4 is 10.2 Å². The van der Waals surface area contributed by atoms with E-state index >= 15 is 0 Å². The standard InChI is InChI=1S/C17H20N4O2S2/c1-2-9-18-16-19-20-17(25-16)24-11-14(22)12-5-7-13(8-6-12)21-10-3-4-15(21)23/h5-8H,2-4,9-11H2,1H3,(H,18,19). The Labute approximate surface area is 155 Å². The minimum absolute atomic E-state index is 0.0440. The zero-order valence-corrected chi connectivity index (χ0v) is 15.7. The smallest absolute Gasteiger partial charge is 0.227 e. The first-order chi connectivity index (χ1) is 12.2. The van der Waals surface area contributed by atoms with E-state index in [2.05, 4.69) is 22.4 Å². The number of thioether (sulfide) groups is 1. The maximum absolute atomic E-state index is 12.3. The number of hydrogen-bond donors (Lipinski definition) is 1. The van der Waals surface area contributed by atoms with E-state index in [0.717, 1.165) is 41.1 Å². The zero-order valence-electron chi connectivity index (χ0n) is 14.0. The average molecular weight is 377 g/mol. The third-order valence-corrected chi connectivity index (χ3v) is 5.85. The summed E-state index contributed by atoms with van der Waals surface area (Å²) in [5.41, 5.74) is 1.51. The third kappa shape index (κ3) is 4.58. The molecule has 1 aliphatic rings. The van der Waals surface area contributed by atoms with Gasteiger partial charge in [0, 0.05) is 30.8 Å². The van der Waals surface area contributed by atoms with Gasteiger partial charge in [0.25, 0.3) is 0 Å². The molecule has 1 N–H and O–H groups in total. The molecule has 0 unspecified atom stereocenters. The molecule has 3 rings (SSSR count). The largest absolute Gasteiger partial charge is 0.360 e. The Morgan fingerprint density at radius 2 is 2.12 bits per heavy atom. The molecular formula is C17H20N4O2S2. The van der Waals surface area contributed by atoms with Gasteiger partial charge in [-0.2, -0.15) is 0 Å². The van der Waals surface area contributed by atoms with E-state index in [1.165, 1.54) is 23.1 Å². The molecule has 25 heavy (non-hydrogen) atoms. The summed E-state index contributed by atoms with van der Waals surface area (Å²) in [7, 11) is 0. The number of aromatic nitrogens is 2. The van der Waals surface area contributed by atoms with Crippen molar-refractivity contribution in [2.24, 2.45) is 0 Å². The molecule has 0 spiro atoms. The van der Waals surface area contributed by atoms with E-state index in [1.54, 1.807) is 17.0 Å². The van der Waals surface area contributed by atoms with Crippen molar-refractivity contribution < 1.29 is 9.59 Å². The maximum Gasteiger partial charge on any atom is 0.227 e. The molecule has 0 radical (unpaired) electrons. The first-order valence-electron chi connectivity index (χ1n) is 8.31. The molecule has 1 fully saturated rings. The topological polar surface area (TPSA) is 75.2 Å². The fraction of sp³-hybridized carbons (Fsp3) is 0.412. The normalized spacial score (nSPS) is 14.1. The Morgan fingerprint density at radius 1 is 1.32 bits per heavy atom. The van der Waals surface area contributed by atoms with Gasteiger partial charge in [-0.15, -0.1) is 10.2 Å². The molecule has 6 nitrogen and oxygen atoms in total. The molecule has 1 aliphatic heterocycles. The molecule has 0 atom stereocenters. The Balaban J connectivity index is 1.54. The molecular weight excluding hydrogens is 356 g/mol. The van der Waals surface area contributed by atoms with Crippen molar-refractivity contribution in [1.82, 2.24) is 10.2 Å². The van der Waals surface area contributed by atoms with Crippen molar-refractivity contribution in [3.8, 4) is 0 Å². The van der Waals surface area contributed by atoms with Crippen LogP contribution in [0.15, 0.2) is 28.6 Å². The number of benzene rings is 1. The highest BCUT2D eigenvalue weighted by molar-refractivity contribution is 8.01. The number of nitrogens with one attached hydrogen (secondary N) is 1. The molecule has 1 aromatic carbocycles. The summed E-state index contributed by atoms with van der Waals surface area (Å²) in [6.45, 7) is 3.71. The molecule has 0 saturated carbocycles. The van der Waals surface area contributed by atoms with Crippen LogP contribution in [0.3, 0.4) is 0 Å². The van der Waals surface area contributed by atoms with E-state index in [1.807, 2.05) is 12.1 Å². The monoisotopic (exact) mass is 376 g/mol. The fourth-order valence-corrected chi connectivity index (χ4v) is 4.20. The fourth-order valence-electron chi connectivity index (χ4n) is 2.53. The molecule has 132 valence electrons. The average Bonchev–Trinajstić information content (AvgIpc) is 3.27. The number of carbonyl (C=O) groups is 2. The first kappa shape index (κ1) is 17.9. The minimum atomic E-state index is 0.0440. The second kappa shape index (κ2) is 8.44. The van der Waals surface area contributed by atoms with Crippen LogP contribution in [-0.2, 0) is 4.79 Å². The Morgan fingerprint density at radius 3 is 2.80 bits per heavy atom. The van der Waals surface area contributed by atoms with Crippen molar-refractivity contribution in [2.75, 3.05) is 29.1 Å². The lowest BCUT2D eigenvalue weighted by molar-refractivity contribution is -0.117. The predicted octanol–water partition coefficient (Wildman–Crippen LogP) is 3.46. The van der Waals surface area contributed by atoms with Crippen molar-refractivity contribution in [1.29, 1.82) is 0 Å². The molecule has 0 bridgehead atoms. The summed E-state index contributed by atoms with van der Waals surface area (Å²) in [6, 6.07) is 7.27. The Kier molecular flexibility index (Phi) is 6.04. The second-order valence-corrected chi connectivity index (χ2v) is 7.91. The van der Waals surface area contributed by atoms with E-state index in [0.29, 0.717) is 17.7 Å². The van der Waals surface area contributed by atoms with Crippen LogP contribution >= 0.6 is 23.1 Å². The molecule has 2 aromatic rings. The number of anilines is 2. The van der Waals surface area contributed by atoms with Crippen LogP contribution in [0.25, 0.3) is 0 Å².